The molecule has 2 aromatic rings. The van der Waals surface area contributed by atoms with Gasteiger partial charge in [0.1, 0.15) is 19.0 Å². The number of nitrogens with one attached hydrogen (secondary N) is 1. The summed E-state index contributed by atoms with van der Waals surface area (Å²) in [6.45, 7) is 1.01. The molecule has 0 saturated heterocycles. The molecular formula is C16H14INO4. The summed E-state index contributed by atoms with van der Waals surface area (Å²) < 4.78 is 17.5. The molecule has 1 aliphatic heterocycles. The number of carbonyl (C=O) groups excluding carboxylic acids is 1. The molecule has 0 radical (unpaired) electrons. The Morgan fingerprint density at radius 1 is 1.09 bits per heavy atom. The first-order chi connectivity index (χ1) is 10.7. The molecule has 0 fully saturated rings. The number of hydrogen-bond acceptors (Lipinski definition) is 4. The summed E-state index contributed by atoms with van der Waals surface area (Å²) in [5.41, 5.74) is 0.653. The molecule has 0 bridgehead atoms. The Bertz CT molecular complexity index is 672. The summed E-state index contributed by atoms with van der Waals surface area (Å²) in [6.07, 6.45) is 0. The first-order valence-corrected chi connectivity index (χ1v) is 7.86. The van der Waals surface area contributed by atoms with Crippen LogP contribution in [0.15, 0.2) is 42.5 Å². The number of rotatable bonds is 4. The number of ether oxygens (including phenoxy) is 3. The van der Waals surface area contributed by atoms with E-state index in [0.717, 1.165) is 3.57 Å². The van der Waals surface area contributed by atoms with Crippen LogP contribution in [-0.4, -0.2) is 25.7 Å². The van der Waals surface area contributed by atoms with Crippen molar-refractivity contribution in [3.05, 3.63) is 46.0 Å². The van der Waals surface area contributed by atoms with E-state index in [-0.39, 0.29) is 12.5 Å². The summed E-state index contributed by atoms with van der Waals surface area (Å²) >= 11 is 2.21. The van der Waals surface area contributed by atoms with Crippen LogP contribution in [0.2, 0.25) is 0 Å². The fraction of sp³-hybridized carbons (Fsp3) is 0.188. The molecule has 5 nitrogen and oxygen atoms in total. The third-order valence-electron chi connectivity index (χ3n) is 3.01. The van der Waals surface area contributed by atoms with Crippen LogP contribution in [0.3, 0.4) is 0 Å². The van der Waals surface area contributed by atoms with E-state index in [2.05, 4.69) is 27.9 Å². The maximum Gasteiger partial charge on any atom is 0.262 e. The zero-order chi connectivity index (χ0) is 15.4. The third-order valence-corrected chi connectivity index (χ3v) is 3.73. The maximum atomic E-state index is 11.9. The zero-order valence-electron chi connectivity index (χ0n) is 11.7. The number of fused-ring (bicyclic) bond motifs is 1. The normalized spacial score (nSPS) is 12.6. The summed E-state index contributed by atoms with van der Waals surface area (Å²) in [5, 5.41) is 2.77. The van der Waals surface area contributed by atoms with Gasteiger partial charge in [0.25, 0.3) is 5.91 Å². The molecular weight excluding hydrogens is 397 g/mol. The van der Waals surface area contributed by atoms with Gasteiger partial charge in [-0.15, -0.1) is 0 Å². The van der Waals surface area contributed by atoms with E-state index in [9.17, 15) is 4.79 Å². The Balaban J connectivity index is 1.56. The Hall–Kier alpha value is -1.96. The quantitative estimate of drug-likeness (QED) is 0.786. The molecule has 6 heteroatoms. The molecule has 1 N–H and O–H groups in total. The highest BCUT2D eigenvalue weighted by Gasteiger charge is 2.12. The molecule has 0 unspecified atom stereocenters. The van der Waals surface area contributed by atoms with Crippen LogP contribution in [0, 0.1) is 3.57 Å². The van der Waals surface area contributed by atoms with Crippen molar-refractivity contribution in [2.45, 2.75) is 0 Å². The number of carbonyl (C=O) groups is 1. The second-order valence-corrected chi connectivity index (χ2v) is 5.89. The second-order valence-electron chi connectivity index (χ2n) is 4.65. The van der Waals surface area contributed by atoms with Gasteiger partial charge in [-0.25, -0.2) is 0 Å². The van der Waals surface area contributed by atoms with E-state index in [1.165, 1.54) is 0 Å². The minimum atomic E-state index is -0.227. The van der Waals surface area contributed by atoms with Crippen molar-refractivity contribution < 1.29 is 19.0 Å². The van der Waals surface area contributed by atoms with E-state index in [0.29, 0.717) is 36.1 Å². The van der Waals surface area contributed by atoms with Gasteiger partial charge in [-0.05, 0) is 59.0 Å². The average Bonchev–Trinajstić information content (AvgIpc) is 2.54. The van der Waals surface area contributed by atoms with Gasteiger partial charge in [-0.2, -0.15) is 0 Å². The highest BCUT2D eigenvalue weighted by molar-refractivity contribution is 14.1. The number of hydrogen-bond donors (Lipinski definition) is 1. The van der Waals surface area contributed by atoms with Crippen LogP contribution in [-0.2, 0) is 4.79 Å². The van der Waals surface area contributed by atoms with Gasteiger partial charge < -0.3 is 19.5 Å². The standard InChI is InChI=1S/C16H14INO4/c17-11-1-4-13(5-2-11)22-10-16(19)18-12-3-6-14-15(9-12)21-8-7-20-14/h1-6,9H,7-8,10H2,(H,18,19). The predicted molar refractivity (Wildman–Crippen MR) is 90.7 cm³/mol. The van der Waals surface area contributed by atoms with E-state index in [1.807, 2.05) is 24.3 Å². The molecule has 0 aliphatic carbocycles. The van der Waals surface area contributed by atoms with Gasteiger partial charge in [0.05, 0.1) is 0 Å². The number of anilines is 1. The van der Waals surface area contributed by atoms with Crippen molar-refractivity contribution in [1.29, 1.82) is 0 Å². The van der Waals surface area contributed by atoms with Crippen LogP contribution >= 0.6 is 22.6 Å². The summed E-state index contributed by atoms with van der Waals surface area (Å²) in [7, 11) is 0. The van der Waals surface area contributed by atoms with Gasteiger partial charge in [-0.1, -0.05) is 0 Å². The molecule has 0 atom stereocenters. The minimum Gasteiger partial charge on any atom is -0.486 e. The average molecular weight is 411 g/mol. The molecule has 114 valence electrons. The number of benzene rings is 2. The largest absolute Gasteiger partial charge is 0.486 e. The van der Waals surface area contributed by atoms with Crippen LogP contribution in [0.5, 0.6) is 17.2 Å². The lowest BCUT2D eigenvalue weighted by Crippen LogP contribution is -2.20. The van der Waals surface area contributed by atoms with Crippen LogP contribution in [0.4, 0.5) is 5.69 Å². The molecule has 1 amide bonds. The summed E-state index contributed by atoms with van der Waals surface area (Å²) in [4.78, 5) is 11.9. The van der Waals surface area contributed by atoms with Gasteiger partial charge in [0.15, 0.2) is 18.1 Å². The van der Waals surface area contributed by atoms with Crippen molar-refractivity contribution in [3.63, 3.8) is 0 Å². The molecule has 0 aromatic heterocycles. The van der Waals surface area contributed by atoms with Crippen LogP contribution in [0.1, 0.15) is 0 Å². The molecule has 2 aromatic carbocycles. The van der Waals surface area contributed by atoms with E-state index in [1.54, 1.807) is 18.2 Å². The van der Waals surface area contributed by atoms with Crippen LogP contribution in [0.25, 0.3) is 0 Å². The van der Waals surface area contributed by atoms with E-state index in [4.69, 9.17) is 14.2 Å². The zero-order valence-corrected chi connectivity index (χ0v) is 13.8. The number of halogens is 1. The molecule has 0 spiro atoms. The van der Waals surface area contributed by atoms with Gasteiger partial charge in [0.2, 0.25) is 0 Å². The van der Waals surface area contributed by atoms with Crippen molar-refractivity contribution in [3.8, 4) is 17.2 Å². The lowest BCUT2D eigenvalue weighted by Gasteiger charge is -2.19. The first-order valence-electron chi connectivity index (χ1n) is 6.78. The van der Waals surface area contributed by atoms with Crippen molar-refractivity contribution in [2.75, 3.05) is 25.1 Å². The minimum absolute atomic E-state index is 0.0466. The summed E-state index contributed by atoms with van der Waals surface area (Å²) in [5.74, 6) is 1.77. The summed E-state index contributed by atoms with van der Waals surface area (Å²) in [6, 6.07) is 12.8. The maximum absolute atomic E-state index is 11.9. The van der Waals surface area contributed by atoms with E-state index >= 15 is 0 Å². The predicted octanol–water partition coefficient (Wildman–Crippen LogP) is 3.08. The molecule has 1 aliphatic rings. The Kier molecular flexibility index (Phi) is 4.67. The van der Waals surface area contributed by atoms with Crippen molar-refractivity contribution in [2.24, 2.45) is 0 Å². The van der Waals surface area contributed by atoms with Crippen molar-refractivity contribution >= 4 is 34.2 Å². The highest BCUT2D eigenvalue weighted by Crippen LogP contribution is 2.32. The monoisotopic (exact) mass is 411 g/mol. The Labute approximate surface area is 141 Å². The van der Waals surface area contributed by atoms with Gasteiger partial charge in [0, 0.05) is 15.3 Å². The third kappa shape index (κ3) is 3.82. The Morgan fingerprint density at radius 2 is 1.82 bits per heavy atom. The lowest BCUT2D eigenvalue weighted by atomic mass is 10.2. The highest BCUT2D eigenvalue weighted by atomic mass is 127. The SMILES string of the molecule is O=C(COc1ccc(I)cc1)Nc1ccc2c(c1)OCCO2. The van der Waals surface area contributed by atoms with Crippen molar-refractivity contribution in [1.82, 2.24) is 0 Å². The molecule has 1 heterocycles. The van der Waals surface area contributed by atoms with Gasteiger partial charge in [-0.3, -0.25) is 4.79 Å². The first kappa shape index (κ1) is 15.0. The molecule has 22 heavy (non-hydrogen) atoms. The topological polar surface area (TPSA) is 56.8 Å². The van der Waals surface area contributed by atoms with Gasteiger partial charge >= 0.3 is 0 Å². The van der Waals surface area contributed by atoms with E-state index < -0.39 is 0 Å². The smallest absolute Gasteiger partial charge is 0.262 e. The molecule has 3 rings (SSSR count). The van der Waals surface area contributed by atoms with Crippen LogP contribution < -0.4 is 19.5 Å². The molecule has 0 saturated carbocycles. The number of amides is 1. The Morgan fingerprint density at radius 3 is 2.59 bits per heavy atom. The lowest BCUT2D eigenvalue weighted by molar-refractivity contribution is -0.118. The second kappa shape index (κ2) is 6.87. The fourth-order valence-corrected chi connectivity index (χ4v) is 2.36. The fourth-order valence-electron chi connectivity index (χ4n) is 2.00.